The molecule has 0 aliphatic heterocycles. The quantitative estimate of drug-likeness (QED) is 0.586. The Morgan fingerprint density at radius 3 is 2.32 bits per heavy atom. The molecule has 0 heterocycles. The Labute approximate surface area is 136 Å². The van der Waals surface area contributed by atoms with E-state index in [0.29, 0.717) is 22.6 Å². The molecule has 0 atom stereocenters. The number of rotatable bonds is 4. The van der Waals surface area contributed by atoms with Gasteiger partial charge in [-0.3, -0.25) is 0 Å². The summed E-state index contributed by atoms with van der Waals surface area (Å²) in [4.78, 5) is 0. The van der Waals surface area contributed by atoms with E-state index >= 15 is 0 Å². The van der Waals surface area contributed by atoms with Crippen molar-refractivity contribution in [2.75, 3.05) is 14.2 Å². The van der Waals surface area contributed by atoms with Gasteiger partial charge in [0, 0.05) is 11.6 Å². The van der Waals surface area contributed by atoms with Crippen LogP contribution in [0.15, 0.2) is 40.9 Å². The number of ether oxygens (including phenoxy) is 2. The Morgan fingerprint density at radius 2 is 1.77 bits per heavy atom. The summed E-state index contributed by atoms with van der Waals surface area (Å²) in [5, 5.41) is 9.35. The fourth-order valence-electron chi connectivity index (χ4n) is 1.96. The average molecular weight is 362 g/mol. The molecule has 0 spiro atoms. The molecule has 0 saturated carbocycles. The largest absolute Gasteiger partial charge is 0.496 e. The lowest BCUT2D eigenvalue weighted by Crippen LogP contribution is -1.92. The predicted octanol–water partition coefficient (Wildman–Crippen LogP) is 4.67. The van der Waals surface area contributed by atoms with E-state index in [9.17, 15) is 9.65 Å². The highest BCUT2D eigenvalue weighted by atomic mass is 79.9. The van der Waals surface area contributed by atoms with E-state index in [4.69, 9.17) is 9.47 Å². The summed E-state index contributed by atoms with van der Waals surface area (Å²) in [5.74, 6) is 0.870. The summed E-state index contributed by atoms with van der Waals surface area (Å²) in [6.45, 7) is 0. The number of allylic oxidation sites excluding steroid dienone is 1. The normalized spacial score (nSPS) is 11.0. The van der Waals surface area contributed by atoms with Crippen LogP contribution in [0.2, 0.25) is 0 Å². The smallest absolute Gasteiger partial charge is 0.136 e. The molecular weight excluding hydrogens is 349 g/mol. The Balaban J connectivity index is 2.52. The first-order valence-electron chi connectivity index (χ1n) is 6.38. The fourth-order valence-corrected chi connectivity index (χ4v) is 2.48. The molecule has 0 saturated heterocycles. The monoisotopic (exact) mass is 361 g/mol. The minimum Gasteiger partial charge on any atom is -0.496 e. The highest BCUT2D eigenvalue weighted by molar-refractivity contribution is 9.10. The molecule has 0 amide bonds. The maximum absolute atomic E-state index is 13.0. The van der Waals surface area contributed by atoms with Crippen molar-refractivity contribution in [3.63, 3.8) is 0 Å². The lowest BCUT2D eigenvalue weighted by atomic mass is 10.0. The van der Waals surface area contributed by atoms with Gasteiger partial charge in [0.15, 0.2) is 0 Å². The number of hydrogen-bond acceptors (Lipinski definition) is 3. The van der Waals surface area contributed by atoms with Crippen LogP contribution in [0.25, 0.3) is 11.6 Å². The number of halogens is 2. The lowest BCUT2D eigenvalue weighted by Gasteiger charge is -2.10. The molecule has 2 rings (SSSR count). The first-order valence-corrected chi connectivity index (χ1v) is 7.17. The topological polar surface area (TPSA) is 42.2 Å². The Hall–Kier alpha value is -2.32. The summed E-state index contributed by atoms with van der Waals surface area (Å²) in [6, 6.07) is 11.4. The molecule has 5 heteroatoms. The highest BCUT2D eigenvalue weighted by Gasteiger charge is 2.10. The van der Waals surface area contributed by atoms with Gasteiger partial charge in [-0.25, -0.2) is 4.39 Å². The van der Waals surface area contributed by atoms with E-state index in [-0.39, 0.29) is 5.82 Å². The molecule has 3 nitrogen and oxygen atoms in total. The van der Waals surface area contributed by atoms with Crippen LogP contribution in [0, 0.1) is 17.1 Å². The zero-order chi connectivity index (χ0) is 16.1. The molecule has 0 aliphatic rings. The molecule has 2 aromatic carbocycles. The van der Waals surface area contributed by atoms with Crippen molar-refractivity contribution in [1.29, 1.82) is 5.26 Å². The highest BCUT2D eigenvalue weighted by Crippen LogP contribution is 2.34. The summed E-state index contributed by atoms with van der Waals surface area (Å²) in [7, 11) is 3.11. The standard InChI is InChI=1S/C17H13BrFNO2/c1-21-16-9-17(22-2)15(18)8-12(16)7-13(10-20)11-3-5-14(19)6-4-11/h3-9H,1-2H3/b13-7-. The van der Waals surface area contributed by atoms with E-state index < -0.39 is 0 Å². The first kappa shape index (κ1) is 16.1. The minimum absolute atomic E-state index is 0.342. The van der Waals surface area contributed by atoms with Crippen molar-refractivity contribution in [3.8, 4) is 17.6 Å². The summed E-state index contributed by atoms with van der Waals surface area (Å²) in [5.41, 5.74) is 1.77. The van der Waals surface area contributed by atoms with Gasteiger partial charge >= 0.3 is 0 Å². The van der Waals surface area contributed by atoms with Gasteiger partial charge in [-0.05, 0) is 45.8 Å². The zero-order valence-corrected chi connectivity index (χ0v) is 13.6. The van der Waals surface area contributed by atoms with E-state index in [1.54, 1.807) is 44.6 Å². The van der Waals surface area contributed by atoms with Gasteiger partial charge in [0.1, 0.15) is 17.3 Å². The Bertz CT molecular complexity index is 748. The third kappa shape index (κ3) is 3.46. The van der Waals surface area contributed by atoms with Gasteiger partial charge in [-0.15, -0.1) is 0 Å². The Kier molecular flexibility index (Phi) is 5.18. The Morgan fingerprint density at radius 1 is 1.14 bits per heavy atom. The molecule has 112 valence electrons. The second-order valence-electron chi connectivity index (χ2n) is 4.41. The maximum Gasteiger partial charge on any atom is 0.136 e. The van der Waals surface area contributed by atoms with E-state index in [2.05, 4.69) is 22.0 Å². The number of hydrogen-bond donors (Lipinski definition) is 0. The number of nitrogens with zero attached hydrogens (tertiary/aromatic N) is 1. The molecular formula is C17H13BrFNO2. The molecule has 22 heavy (non-hydrogen) atoms. The zero-order valence-electron chi connectivity index (χ0n) is 12.1. The van der Waals surface area contributed by atoms with Gasteiger partial charge in [-0.1, -0.05) is 12.1 Å². The van der Waals surface area contributed by atoms with E-state index in [0.717, 1.165) is 10.0 Å². The van der Waals surface area contributed by atoms with Gasteiger partial charge in [0.25, 0.3) is 0 Å². The van der Waals surface area contributed by atoms with Crippen molar-refractivity contribution >= 4 is 27.6 Å². The first-order chi connectivity index (χ1) is 10.6. The van der Waals surface area contributed by atoms with Crippen LogP contribution in [0.3, 0.4) is 0 Å². The number of methoxy groups -OCH3 is 2. The van der Waals surface area contributed by atoms with Crippen molar-refractivity contribution in [1.82, 2.24) is 0 Å². The van der Waals surface area contributed by atoms with Gasteiger partial charge in [0.05, 0.1) is 30.3 Å². The number of benzene rings is 2. The molecule has 2 aromatic rings. The molecule has 0 fully saturated rings. The molecule has 0 aliphatic carbocycles. The predicted molar refractivity (Wildman–Crippen MR) is 87.1 cm³/mol. The van der Waals surface area contributed by atoms with Gasteiger partial charge in [0.2, 0.25) is 0 Å². The van der Waals surface area contributed by atoms with Gasteiger partial charge < -0.3 is 9.47 Å². The second kappa shape index (κ2) is 7.10. The summed E-state index contributed by atoms with van der Waals surface area (Å²) in [6.07, 6.45) is 1.69. The molecule has 0 N–H and O–H groups in total. The second-order valence-corrected chi connectivity index (χ2v) is 5.26. The third-order valence-electron chi connectivity index (χ3n) is 3.08. The summed E-state index contributed by atoms with van der Waals surface area (Å²) < 4.78 is 24.3. The van der Waals surface area contributed by atoms with Crippen molar-refractivity contribution in [3.05, 3.63) is 57.8 Å². The van der Waals surface area contributed by atoms with Crippen LogP contribution in [0.4, 0.5) is 4.39 Å². The summed E-state index contributed by atoms with van der Waals surface area (Å²) >= 11 is 3.41. The maximum atomic E-state index is 13.0. The van der Waals surface area contributed by atoms with Crippen LogP contribution >= 0.6 is 15.9 Å². The SMILES string of the molecule is COc1cc(OC)c(/C=C(/C#N)c2ccc(F)cc2)cc1Br. The van der Waals surface area contributed by atoms with Crippen LogP contribution in [0.1, 0.15) is 11.1 Å². The van der Waals surface area contributed by atoms with Crippen molar-refractivity contribution < 1.29 is 13.9 Å². The number of nitriles is 1. The van der Waals surface area contributed by atoms with E-state index in [1.165, 1.54) is 12.1 Å². The van der Waals surface area contributed by atoms with E-state index in [1.807, 2.05) is 0 Å². The van der Waals surface area contributed by atoms with Crippen LogP contribution in [0.5, 0.6) is 11.5 Å². The molecule has 0 aromatic heterocycles. The molecule has 0 unspecified atom stereocenters. The molecule has 0 radical (unpaired) electrons. The minimum atomic E-state index is -0.342. The average Bonchev–Trinajstić information content (AvgIpc) is 2.53. The van der Waals surface area contributed by atoms with Crippen molar-refractivity contribution in [2.45, 2.75) is 0 Å². The fraction of sp³-hybridized carbons (Fsp3) is 0.118. The lowest BCUT2D eigenvalue weighted by molar-refractivity contribution is 0.392. The van der Waals surface area contributed by atoms with Gasteiger partial charge in [-0.2, -0.15) is 5.26 Å². The van der Waals surface area contributed by atoms with Crippen LogP contribution < -0.4 is 9.47 Å². The third-order valence-corrected chi connectivity index (χ3v) is 3.70. The van der Waals surface area contributed by atoms with Crippen LogP contribution in [-0.4, -0.2) is 14.2 Å². The molecule has 0 bridgehead atoms. The van der Waals surface area contributed by atoms with Crippen molar-refractivity contribution in [2.24, 2.45) is 0 Å². The van der Waals surface area contributed by atoms with Crippen LogP contribution in [-0.2, 0) is 0 Å².